The van der Waals surface area contributed by atoms with Crippen LogP contribution in [0.1, 0.15) is 26.7 Å². The van der Waals surface area contributed by atoms with E-state index in [0.717, 1.165) is 19.6 Å². The second-order valence-corrected chi connectivity index (χ2v) is 3.80. The highest BCUT2D eigenvalue weighted by molar-refractivity contribution is 4.80. The topological polar surface area (TPSA) is 45.0 Å². The van der Waals surface area contributed by atoms with E-state index in [4.69, 9.17) is 10.00 Å². The van der Waals surface area contributed by atoms with Crippen LogP contribution in [0.4, 0.5) is 0 Å². The Morgan fingerprint density at radius 1 is 1.69 bits per heavy atom. The zero-order chi connectivity index (χ0) is 9.68. The zero-order valence-corrected chi connectivity index (χ0v) is 8.42. The normalized spacial score (nSPS) is 29.9. The standard InChI is InChI=1S/C10H18N2O/c1-8(3-5-11)12-7-10-4-6-13-9(10)2/h8-10,12H,3-4,6-7H2,1-2H3. The molecule has 1 N–H and O–H groups in total. The minimum Gasteiger partial charge on any atom is -0.378 e. The van der Waals surface area contributed by atoms with Gasteiger partial charge >= 0.3 is 0 Å². The van der Waals surface area contributed by atoms with Gasteiger partial charge in [0.25, 0.3) is 0 Å². The lowest BCUT2D eigenvalue weighted by molar-refractivity contribution is 0.105. The molecule has 0 spiro atoms. The van der Waals surface area contributed by atoms with Crippen LogP contribution in [0, 0.1) is 17.2 Å². The fourth-order valence-electron chi connectivity index (χ4n) is 1.61. The Bertz CT molecular complexity index is 188. The van der Waals surface area contributed by atoms with Crippen molar-refractivity contribution in [3.63, 3.8) is 0 Å². The van der Waals surface area contributed by atoms with Gasteiger partial charge in [0, 0.05) is 19.2 Å². The van der Waals surface area contributed by atoms with E-state index in [1.165, 1.54) is 0 Å². The molecule has 1 aliphatic heterocycles. The third-order valence-corrected chi connectivity index (χ3v) is 2.66. The summed E-state index contributed by atoms with van der Waals surface area (Å²) in [6.07, 6.45) is 2.11. The highest BCUT2D eigenvalue weighted by Gasteiger charge is 2.23. The SMILES string of the molecule is CC(CC#N)NCC1CCOC1C. The summed E-state index contributed by atoms with van der Waals surface area (Å²) < 4.78 is 5.45. The second-order valence-electron chi connectivity index (χ2n) is 3.80. The molecule has 74 valence electrons. The maximum absolute atomic E-state index is 8.47. The lowest BCUT2D eigenvalue weighted by atomic mass is 10.0. The predicted molar refractivity (Wildman–Crippen MR) is 51.2 cm³/mol. The fourth-order valence-corrected chi connectivity index (χ4v) is 1.61. The van der Waals surface area contributed by atoms with E-state index in [1.807, 2.05) is 6.92 Å². The smallest absolute Gasteiger partial charge is 0.0638 e. The average molecular weight is 182 g/mol. The lowest BCUT2D eigenvalue weighted by Gasteiger charge is -2.17. The lowest BCUT2D eigenvalue weighted by Crippen LogP contribution is -2.33. The summed E-state index contributed by atoms with van der Waals surface area (Å²) in [6, 6.07) is 2.46. The molecule has 1 heterocycles. The summed E-state index contributed by atoms with van der Waals surface area (Å²) in [5.41, 5.74) is 0. The van der Waals surface area contributed by atoms with E-state index in [1.54, 1.807) is 0 Å². The third kappa shape index (κ3) is 3.33. The summed E-state index contributed by atoms with van der Waals surface area (Å²) in [6.45, 7) is 6.03. The van der Waals surface area contributed by atoms with E-state index < -0.39 is 0 Å². The maximum Gasteiger partial charge on any atom is 0.0638 e. The van der Waals surface area contributed by atoms with Crippen LogP contribution in [-0.2, 0) is 4.74 Å². The number of ether oxygens (including phenoxy) is 1. The Morgan fingerprint density at radius 2 is 2.46 bits per heavy atom. The second kappa shape index (κ2) is 5.21. The molecule has 0 aromatic carbocycles. The van der Waals surface area contributed by atoms with Gasteiger partial charge in [0.2, 0.25) is 0 Å². The van der Waals surface area contributed by atoms with Gasteiger partial charge in [-0.05, 0) is 26.2 Å². The van der Waals surface area contributed by atoms with Crippen LogP contribution < -0.4 is 5.32 Å². The van der Waals surface area contributed by atoms with Gasteiger partial charge in [-0.1, -0.05) is 0 Å². The van der Waals surface area contributed by atoms with E-state index in [-0.39, 0.29) is 0 Å². The Balaban J connectivity index is 2.15. The van der Waals surface area contributed by atoms with Crippen LogP contribution in [0.2, 0.25) is 0 Å². The first kappa shape index (κ1) is 10.5. The van der Waals surface area contributed by atoms with E-state index in [2.05, 4.69) is 18.3 Å². The molecule has 1 rings (SSSR count). The fraction of sp³-hybridized carbons (Fsp3) is 0.900. The molecule has 0 aliphatic carbocycles. The van der Waals surface area contributed by atoms with Crippen molar-refractivity contribution in [3.8, 4) is 6.07 Å². The van der Waals surface area contributed by atoms with Crippen LogP contribution >= 0.6 is 0 Å². The van der Waals surface area contributed by atoms with Crippen molar-refractivity contribution in [1.29, 1.82) is 5.26 Å². The number of hydrogen-bond donors (Lipinski definition) is 1. The molecule has 0 amide bonds. The van der Waals surface area contributed by atoms with Crippen molar-refractivity contribution in [1.82, 2.24) is 5.32 Å². The monoisotopic (exact) mass is 182 g/mol. The average Bonchev–Trinajstić information content (AvgIpc) is 2.48. The van der Waals surface area contributed by atoms with Crippen molar-refractivity contribution in [2.24, 2.45) is 5.92 Å². The number of nitrogens with one attached hydrogen (secondary N) is 1. The van der Waals surface area contributed by atoms with Crippen molar-refractivity contribution >= 4 is 0 Å². The van der Waals surface area contributed by atoms with Crippen LogP contribution in [0.3, 0.4) is 0 Å². The van der Waals surface area contributed by atoms with Gasteiger partial charge in [-0.2, -0.15) is 5.26 Å². The summed E-state index contributed by atoms with van der Waals surface area (Å²) >= 11 is 0. The quantitative estimate of drug-likeness (QED) is 0.713. The third-order valence-electron chi connectivity index (χ3n) is 2.66. The minimum atomic E-state index is 0.304. The summed E-state index contributed by atoms with van der Waals surface area (Å²) in [7, 11) is 0. The summed E-state index contributed by atoms with van der Waals surface area (Å²) in [5, 5.41) is 11.8. The van der Waals surface area contributed by atoms with Gasteiger partial charge in [0.15, 0.2) is 0 Å². The molecule has 3 nitrogen and oxygen atoms in total. The Hall–Kier alpha value is -0.590. The maximum atomic E-state index is 8.47. The van der Waals surface area contributed by atoms with Gasteiger partial charge in [-0.3, -0.25) is 0 Å². The van der Waals surface area contributed by atoms with Crippen molar-refractivity contribution in [2.75, 3.05) is 13.2 Å². The van der Waals surface area contributed by atoms with Crippen LogP contribution in [0.25, 0.3) is 0 Å². The van der Waals surface area contributed by atoms with Crippen molar-refractivity contribution in [3.05, 3.63) is 0 Å². The van der Waals surface area contributed by atoms with Gasteiger partial charge in [0.1, 0.15) is 0 Å². The van der Waals surface area contributed by atoms with Gasteiger partial charge in [0.05, 0.1) is 18.6 Å². The summed E-state index contributed by atoms with van der Waals surface area (Å²) in [5.74, 6) is 0.626. The molecule has 1 aliphatic rings. The van der Waals surface area contributed by atoms with Crippen LogP contribution in [-0.4, -0.2) is 25.3 Å². The predicted octanol–water partition coefficient (Wildman–Crippen LogP) is 1.30. The molecule has 1 fully saturated rings. The number of rotatable bonds is 4. The first-order valence-electron chi connectivity index (χ1n) is 4.96. The Labute approximate surface area is 80.1 Å². The molecule has 13 heavy (non-hydrogen) atoms. The van der Waals surface area contributed by atoms with Crippen LogP contribution in [0.5, 0.6) is 0 Å². The van der Waals surface area contributed by atoms with E-state index in [0.29, 0.717) is 24.5 Å². The molecule has 1 saturated heterocycles. The molecular formula is C10H18N2O. The molecule has 0 aromatic heterocycles. The van der Waals surface area contributed by atoms with Crippen molar-refractivity contribution < 1.29 is 4.74 Å². The van der Waals surface area contributed by atoms with Crippen LogP contribution in [0.15, 0.2) is 0 Å². The molecule has 3 atom stereocenters. The Kier molecular flexibility index (Phi) is 4.20. The molecule has 0 bridgehead atoms. The van der Waals surface area contributed by atoms with Gasteiger partial charge in [-0.25, -0.2) is 0 Å². The first-order chi connectivity index (χ1) is 6.24. The highest BCUT2D eigenvalue weighted by Crippen LogP contribution is 2.19. The minimum absolute atomic E-state index is 0.304. The largest absolute Gasteiger partial charge is 0.378 e. The number of nitriles is 1. The first-order valence-corrected chi connectivity index (χ1v) is 4.96. The Morgan fingerprint density at radius 3 is 3.00 bits per heavy atom. The molecule has 0 saturated carbocycles. The molecule has 0 radical (unpaired) electrons. The zero-order valence-electron chi connectivity index (χ0n) is 8.42. The number of nitrogens with zero attached hydrogens (tertiary/aromatic N) is 1. The number of hydrogen-bond acceptors (Lipinski definition) is 3. The van der Waals surface area contributed by atoms with E-state index in [9.17, 15) is 0 Å². The molecule has 3 heteroatoms. The molecule has 0 aromatic rings. The molecular weight excluding hydrogens is 164 g/mol. The van der Waals surface area contributed by atoms with Gasteiger partial charge in [-0.15, -0.1) is 0 Å². The summed E-state index contributed by atoms with van der Waals surface area (Å²) in [4.78, 5) is 0. The van der Waals surface area contributed by atoms with E-state index >= 15 is 0 Å². The molecule has 3 unspecified atom stereocenters. The highest BCUT2D eigenvalue weighted by atomic mass is 16.5. The van der Waals surface area contributed by atoms with Crippen molar-refractivity contribution in [2.45, 2.75) is 38.8 Å². The van der Waals surface area contributed by atoms with Gasteiger partial charge < -0.3 is 10.1 Å².